The second-order valence-electron chi connectivity index (χ2n) is 10.4. The molecule has 0 bridgehead atoms. The first-order valence-corrected chi connectivity index (χ1v) is 13.9. The first kappa shape index (κ1) is 33.3. The summed E-state index contributed by atoms with van der Waals surface area (Å²) in [6.07, 6.45) is 1.64. The molecule has 0 radical (unpaired) electrons. The molecule has 2 aliphatic rings. The largest absolute Gasteiger partial charge is 0.478 e. The molecule has 2 atom stereocenters. The molecule has 2 saturated heterocycles. The molecule has 43 heavy (non-hydrogen) atoms. The number of carbonyl (C=O) groups excluding carboxylic acids is 2. The lowest BCUT2D eigenvalue weighted by atomic mass is 9.92. The Labute approximate surface area is 247 Å². The van der Waals surface area contributed by atoms with Gasteiger partial charge in [-0.05, 0) is 24.5 Å². The molecule has 0 unspecified atom stereocenters. The predicted octanol–water partition coefficient (Wildman–Crippen LogP) is 0.546. The van der Waals surface area contributed by atoms with Crippen LogP contribution >= 0.6 is 0 Å². The molecule has 2 amide bonds. The van der Waals surface area contributed by atoms with Crippen LogP contribution in [-0.4, -0.2) is 116 Å². The molecule has 14 nitrogen and oxygen atoms in total. The van der Waals surface area contributed by atoms with Crippen molar-refractivity contribution in [1.29, 1.82) is 0 Å². The molecule has 0 saturated carbocycles. The monoisotopic (exact) mass is 604 g/mol. The van der Waals surface area contributed by atoms with Crippen molar-refractivity contribution in [3.05, 3.63) is 53.6 Å². The predicted molar refractivity (Wildman–Crippen MR) is 150 cm³/mol. The number of carboxylic acid groups (broad SMARTS) is 2. The van der Waals surface area contributed by atoms with Crippen molar-refractivity contribution in [2.24, 2.45) is 11.8 Å². The van der Waals surface area contributed by atoms with Crippen LogP contribution < -0.4 is 5.32 Å². The summed E-state index contributed by atoms with van der Waals surface area (Å²) >= 11 is 0. The lowest BCUT2D eigenvalue weighted by molar-refractivity contribution is -0.140. The molecule has 3 heterocycles. The third-order valence-electron chi connectivity index (χ3n) is 6.83. The summed E-state index contributed by atoms with van der Waals surface area (Å²) in [7, 11) is 0. The number of halogens is 1. The van der Waals surface area contributed by atoms with Crippen LogP contribution in [0.5, 0.6) is 0 Å². The van der Waals surface area contributed by atoms with Crippen LogP contribution in [0.1, 0.15) is 36.5 Å². The molecule has 4 N–H and O–H groups in total. The smallest absolute Gasteiger partial charge is 0.328 e. The van der Waals surface area contributed by atoms with Crippen LogP contribution in [0.15, 0.2) is 36.4 Å². The van der Waals surface area contributed by atoms with E-state index in [-0.39, 0.29) is 40.9 Å². The van der Waals surface area contributed by atoms with E-state index in [0.29, 0.717) is 64.5 Å². The van der Waals surface area contributed by atoms with E-state index in [1.165, 1.54) is 16.8 Å². The standard InChI is InChI=1S/C24H33FN6O4.C4H4O4/c1-16(2)14-30(18-11-17(12-26-13-18)23(33)29-7-9-35-10-8-29)24(34)22-21(15-32)31(28-27-22)20-6-4-3-5-19(20)25;5-3(6)1-2-4(7)8/h3-6,16-18,26,32H,7-15H2,1-2H3;1-2H,(H,5,6)(H,7,8)/b;2-1+/t17-,18+;/m1./s1. The molecular formula is C28H37FN6O8. The van der Waals surface area contributed by atoms with Crippen molar-refractivity contribution in [3.8, 4) is 5.69 Å². The van der Waals surface area contributed by atoms with Crippen LogP contribution in [0.25, 0.3) is 5.69 Å². The van der Waals surface area contributed by atoms with Gasteiger partial charge in [0.25, 0.3) is 5.91 Å². The van der Waals surface area contributed by atoms with E-state index in [9.17, 15) is 28.7 Å². The van der Waals surface area contributed by atoms with E-state index < -0.39 is 30.3 Å². The zero-order chi connectivity index (χ0) is 31.5. The topological polar surface area (TPSA) is 187 Å². The number of carboxylic acids is 2. The number of carbonyl (C=O) groups is 4. The number of morpholine rings is 1. The maximum absolute atomic E-state index is 14.4. The maximum Gasteiger partial charge on any atom is 0.328 e. The Morgan fingerprint density at radius 2 is 1.77 bits per heavy atom. The summed E-state index contributed by atoms with van der Waals surface area (Å²) in [5.74, 6) is -3.46. The Balaban J connectivity index is 0.000000557. The van der Waals surface area contributed by atoms with Gasteiger partial charge in [-0.25, -0.2) is 18.7 Å². The van der Waals surface area contributed by atoms with E-state index in [1.54, 1.807) is 17.0 Å². The maximum atomic E-state index is 14.4. The van der Waals surface area contributed by atoms with Crippen LogP contribution in [0.4, 0.5) is 4.39 Å². The van der Waals surface area contributed by atoms with Gasteiger partial charge in [0.05, 0.1) is 25.7 Å². The Kier molecular flexibility index (Phi) is 12.3. The van der Waals surface area contributed by atoms with Gasteiger partial charge in [-0.1, -0.05) is 31.2 Å². The van der Waals surface area contributed by atoms with E-state index in [1.807, 2.05) is 18.7 Å². The van der Waals surface area contributed by atoms with Crippen molar-refractivity contribution in [2.45, 2.75) is 32.9 Å². The number of aromatic nitrogens is 3. The minimum absolute atomic E-state index is 0.0157. The molecular weight excluding hydrogens is 567 g/mol. The minimum atomic E-state index is -1.26. The zero-order valence-corrected chi connectivity index (χ0v) is 24.1. The first-order valence-electron chi connectivity index (χ1n) is 13.9. The van der Waals surface area contributed by atoms with Crippen LogP contribution in [0, 0.1) is 17.7 Å². The van der Waals surface area contributed by atoms with Gasteiger partial charge in [0.2, 0.25) is 5.91 Å². The molecule has 0 spiro atoms. The minimum Gasteiger partial charge on any atom is -0.478 e. The number of para-hydroxylation sites is 1. The highest BCUT2D eigenvalue weighted by molar-refractivity contribution is 5.94. The van der Waals surface area contributed by atoms with Crippen LogP contribution in [0.3, 0.4) is 0 Å². The molecule has 15 heteroatoms. The van der Waals surface area contributed by atoms with Crippen molar-refractivity contribution < 1.29 is 43.6 Å². The van der Waals surface area contributed by atoms with Gasteiger partial charge in [0, 0.05) is 50.9 Å². The van der Waals surface area contributed by atoms with Gasteiger partial charge in [-0.3, -0.25) is 9.59 Å². The molecule has 2 fully saturated rings. The number of rotatable bonds is 9. The van der Waals surface area contributed by atoms with E-state index in [2.05, 4.69) is 15.6 Å². The number of ether oxygens (including phenoxy) is 1. The van der Waals surface area contributed by atoms with E-state index in [0.717, 1.165) is 0 Å². The van der Waals surface area contributed by atoms with Gasteiger partial charge in [-0.15, -0.1) is 5.10 Å². The summed E-state index contributed by atoms with van der Waals surface area (Å²) in [6.45, 7) is 7.26. The number of aliphatic hydroxyl groups excluding tert-OH is 1. The molecule has 1 aromatic heterocycles. The number of nitrogens with one attached hydrogen (secondary N) is 1. The molecule has 0 aliphatic carbocycles. The number of aliphatic carboxylic acids is 2. The van der Waals surface area contributed by atoms with Crippen LogP contribution in [-0.2, 0) is 25.7 Å². The van der Waals surface area contributed by atoms with Gasteiger partial charge in [-0.2, -0.15) is 0 Å². The Morgan fingerprint density at radius 3 is 2.35 bits per heavy atom. The number of amides is 2. The molecule has 4 rings (SSSR count). The second kappa shape index (κ2) is 15.9. The number of piperidine rings is 1. The highest BCUT2D eigenvalue weighted by Gasteiger charge is 2.37. The molecule has 2 aliphatic heterocycles. The molecule has 1 aromatic carbocycles. The van der Waals surface area contributed by atoms with Crippen molar-refractivity contribution >= 4 is 23.8 Å². The SMILES string of the molecule is CC(C)CN(C(=O)c1nnn(-c2ccccc2F)c1CO)[C@@H]1CNC[C@H](C(=O)N2CCOCC2)C1.O=C(O)/C=C/C(=O)O. The average molecular weight is 605 g/mol. The van der Waals surface area contributed by atoms with Gasteiger partial charge < -0.3 is 35.2 Å². The Morgan fingerprint density at radius 1 is 1.12 bits per heavy atom. The van der Waals surface area contributed by atoms with Crippen LogP contribution in [0.2, 0.25) is 0 Å². The van der Waals surface area contributed by atoms with Crippen molar-refractivity contribution in [1.82, 2.24) is 30.1 Å². The second-order valence-corrected chi connectivity index (χ2v) is 10.4. The Bertz CT molecular complexity index is 1290. The van der Waals surface area contributed by atoms with Crippen molar-refractivity contribution in [3.63, 3.8) is 0 Å². The number of aliphatic hydroxyl groups is 1. The average Bonchev–Trinajstić information content (AvgIpc) is 3.43. The zero-order valence-electron chi connectivity index (χ0n) is 24.1. The first-order chi connectivity index (χ1) is 20.5. The summed E-state index contributed by atoms with van der Waals surface area (Å²) in [5.41, 5.74) is 0.214. The lowest BCUT2D eigenvalue weighted by Crippen LogP contribution is -2.56. The quantitative estimate of drug-likeness (QED) is 0.293. The Hall–Kier alpha value is -4.21. The number of benzene rings is 1. The third kappa shape index (κ3) is 9.14. The van der Waals surface area contributed by atoms with Crippen molar-refractivity contribution in [2.75, 3.05) is 45.9 Å². The summed E-state index contributed by atoms with van der Waals surface area (Å²) in [5, 5.41) is 37.0. The highest BCUT2D eigenvalue weighted by atomic mass is 19.1. The summed E-state index contributed by atoms with van der Waals surface area (Å²) in [4.78, 5) is 49.5. The van der Waals surface area contributed by atoms with Gasteiger partial charge in [0.1, 0.15) is 17.2 Å². The summed E-state index contributed by atoms with van der Waals surface area (Å²) < 4.78 is 20.9. The highest BCUT2D eigenvalue weighted by Crippen LogP contribution is 2.24. The molecule has 2 aromatic rings. The fraction of sp³-hybridized carbons (Fsp3) is 0.500. The fourth-order valence-corrected chi connectivity index (χ4v) is 4.88. The number of nitrogens with zero attached hydrogens (tertiary/aromatic N) is 5. The molecule has 234 valence electrons. The number of hydrogen-bond donors (Lipinski definition) is 4. The van der Waals surface area contributed by atoms with E-state index >= 15 is 0 Å². The van der Waals surface area contributed by atoms with E-state index in [4.69, 9.17) is 14.9 Å². The third-order valence-corrected chi connectivity index (χ3v) is 6.83. The normalized spacial score (nSPS) is 18.7. The lowest BCUT2D eigenvalue weighted by Gasteiger charge is -2.40. The summed E-state index contributed by atoms with van der Waals surface area (Å²) in [6, 6.07) is 5.75. The van der Waals surface area contributed by atoms with Gasteiger partial charge >= 0.3 is 11.9 Å². The fourth-order valence-electron chi connectivity index (χ4n) is 4.88. The van der Waals surface area contributed by atoms with Gasteiger partial charge in [0.15, 0.2) is 5.69 Å². The number of hydrogen-bond acceptors (Lipinski definition) is 9.